The fourth-order valence-corrected chi connectivity index (χ4v) is 6.43. The molecule has 6 rings (SSSR count). The fraction of sp³-hybridized carbons (Fsp3) is 0.222. The molecule has 1 atom stereocenters. The number of ether oxygens (including phenoxy) is 3. The summed E-state index contributed by atoms with van der Waals surface area (Å²) < 4.78 is 20.4. The van der Waals surface area contributed by atoms with Gasteiger partial charge in [-0.25, -0.2) is 14.5 Å². The van der Waals surface area contributed by atoms with E-state index in [1.807, 2.05) is 95.8 Å². The number of rotatable bonds is 10. The molecule has 0 bridgehead atoms. The van der Waals surface area contributed by atoms with Gasteiger partial charge >= 0.3 is 5.97 Å². The number of esters is 1. The Hall–Kier alpha value is -5.22. The van der Waals surface area contributed by atoms with E-state index in [4.69, 9.17) is 24.3 Å². The van der Waals surface area contributed by atoms with Gasteiger partial charge in [0.05, 0.1) is 47.9 Å². The van der Waals surface area contributed by atoms with Crippen molar-refractivity contribution in [3.8, 4) is 28.4 Å². The number of benzene rings is 3. The summed E-state index contributed by atoms with van der Waals surface area (Å²) in [5, 5.41) is 4.93. The number of methoxy groups -OCH3 is 1. The molecule has 1 unspecified atom stereocenters. The molecule has 46 heavy (non-hydrogen) atoms. The summed E-state index contributed by atoms with van der Waals surface area (Å²) in [5.41, 5.74) is 4.57. The summed E-state index contributed by atoms with van der Waals surface area (Å²) >= 11 is 1.27. The van der Waals surface area contributed by atoms with Gasteiger partial charge in [-0.05, 0) is 80.4 Å². The summed E-state index contributed by atoms with van der Waals surface area (Å²) in [4.78, 5) is 32.7. The maximum absolute atomic E-state index is 14.3. The first-order valence-electron chi connectivity index (χ1n) is 15.1. The van der Waals surface area contributed by atoms with Crippen LogP contribution in [0.15, 0.2) is 106 Å². The molecule has 1 aliphatic rings. The van der Waals surface area contributed by atoms with Crippen molar-refractivity contribution in [1.29, 1.82) is 0 Å². The first kappa shape index (κ1) is 30.8. The Morgan fingerprint density at radius 2 is 1.70 bits per heavy atom. The molecule has 2 aromatic heterocycles. The molecular formula is C36H34N4O5S. The minimum atomic E-state index is -0.717. The molecule has 0 fully saturated rings. The number of aromatic nitrogens is 3. The Balaban J connectivity index is 1.51. The van der Waals surface area contributed by atoms with E-state index in [1.54, 1.807) is 25.5 Å². The molecule has 9 nitrogen and oxygen atoms in total. The lowest BCUT2D eigenvalue weighted by Gasteiger charge is -2.24. The lowest BCUT2D eigenvalue weighted by atomic mass is 9.96. The number of para-hydroxylation sites is 1. The van der Waals surface area contributed by atoms with Gasteiger partial charge in [-0.15, -0.1) is 0 Å². The third kappa shape index (κ3) is 6.03. The second-order valence-corrected chi connectivity index (χ2v) is 11.7. The highest BCUT2D eigenvalue weighted by Gasteiger charge is 2.33. The van der Waals surface area contributed by atoms with E-state index >= 15 is 0 Å². The third-order valence-corrected chi connectivity index (χ3v) is 8.58. The van der Waals surface area contributed by atoms with Gasteiger partial charge in [0, 0.05) is 17.3 Å². The zero-order valence-corrected chi connectivity index (χ0v) is 26.9. The monoisotopic (exact) mass is 634 g/mol. The number of nitrogens with zero attached hydrogens (tertiary/aromatic N) is 4. The molecule has 0 amide bonds. The number of hydrogen-bond donors (Lipinski definition) is 0. The van der Waals surface area contributed by atoms with E-state index in [1.165, 1.54) is 11.3 Å². The Bertz CT molecular complexity index is 2080. The van der Waals surface area contributed by atoms with Crippen molar-refractivity contribution < 1.29 is 19.0 Å². The molecule has 0 N–H and O–H groups in total. The van der Waals surface area contributed by atoms with E-state index in [-0.39, 0.29) is 12.2 Å². The molecule has 234 valence electrons. The molecule has 10 heteroatoms. The Morgan fingerprint density at radius 1 is 0.978 bits per heavy atom. The summed E-state index contributed by atoms with van der Waals surface area (Å²) in [6.07, 6.45) is 4.69. The van der Waals surface area contributed by atoms with Crippen molar-refractivity contribution in [3.63, 3.8) is 0 Å². The van der Waals surface area contributed by atoms with Gasteiger partial charge in [0.25, 0.3) is 5.56 Å². The van der Waals surface area contributed by atoms with Gasteiger partial charge in [0.15, 0.2) is 4.80 Å². The molecule has 0 spiro atoms. The van der Waals surface area contributed by atoms with Crippen LogP contribution in [0.2, 0.25) is 0 Å². The Kier molecular flexibility index (Phi) is 8.98. The first-order valence-corrected chi connectivity index (χ1v) is 16.0. The number of carbonyl (C=O) groups is 1. The van der Waals surface area contributed by atoms with Gasteiger partial charge in [-0.2, -0.15) is 5.10 Å². The van der Waals surface area contributed by atoms with E-state index in [2.05, 4.69) is 6.92 Å². The van der Waals surface area contributed by atoms with E-state index < -0.39 is 12.0 Å². The predicted octanol–water partition coefficient (Wildman–Crippen LogP) is 5.45. The van der Waals surface area contributed by atoms with Crippen LogP contribution in [0.4, 0.5) is 0 Å². The van der Waals surface area contributed by atoms with Crippen LogP contribution in [-0.4, -0.2) is 40.6 Å². The van der Waals surface area contributed by atoms with E-state index in [0.29, 0.717) is 38.7 Å². The van der Waals surface area contributed by atoms with Crippen LogP contribution in [-0.2, 0) is 9.53 Å². The molecule has 3 aromatic carbocycles. The van der Waals surface area contributed by atoms with Crippen molar-refractivity contribution in [3.05, 3.63) is 127 Å². The highest BCUT2D eigenvalue weighted by atomic mass is 32.1. The van der Waals surface area contributed by atoms with Crippen LogP contribution in [0.25, 0.3) is 23.0 Å². The third-order valence-electron chi connectivity index (χ3n) is 7.60. The standard InChI is InChI=1S/C36H34N4O5S/c1-5-20-45-29-18-12-24(13-19-29)32-26(22-39(38-32)27-10-8-7-9-11-27)21-30-34(41)40-33(25-14-16-28(43-4)17-15-25)31(35(42)44-6-2)23(3)37-36(40)46-30/h7-19,21-22,33H,5-6,20H2,1-4H3/b30-21+. The zero-order valence-electron chi connectivity index (χ0n) is 26.1. The minimum Gasteiger partial charge on any atom is -0.497 e. The van der Waals surface area contributed by atoms with Gasteiger partial charge in [-0.1, -0.05) is 48.6 Å². The van der Waals surface area contributed by atoms with Gasteiger partial charge in [-0.3, -0.25) is 9.36 Å². The number of carbonyl (C=O) groups excluding carboxylic acids is 1. The number of thiazole rings is 1. The van der Waals surface area contributed by atoms with Crippen LogP contribution in [0.3, 0.4) is 0 Å². The van der Waals surface area contributed by atoms with Crippen LogP contribution in [0.1, 0.15) is 44.4 Å². The molecule has 0 saturated carbocycles. The van der Waals surface area contributed by atoms with Crippen molar-refractivity contribution in [1.82, 2.24) is 14.3 Å². The van der Waals surface area contributed by atoms with Crippen molar-refractivity contribution >= 4 is 23.4 Å². The smallest absolute Gasteiger partial charge is 0.338 e. The topological polar surface area (TPSA) is 96.9 Å². The summed E-state index contributed by atoms with van der Waals surface area (Å²) in [5.74, 6) is 0.952. The molecule has 0 aliphatic carbocycles. The lowest BCUT2D eigenvalue weighted by Crippen LogP contribution is -2.39. The van der Waals surface area contributed by atoms with E-state index in [0.717, 1.165) is 34.5 Å². The molecule has 1 aliphatic heterocycles. The highest BCUT2D eigenvalue weighted by Crippen LogP contribution is 2.32. The second-order valence-electron chi connectivity index (χ2n) is 10.7. The highest BCUT2D eigenvalue weighted by molar-refractivity contribution is 7.07. The zero-order chi connectivity index (χ0) is 32.2. The van der Waals surface area contributed by atoms with Crippen LogP contribution < -0.4 is 24.4 Å². The number of hydrogen-bond acceptors (Lipinski definition) is 8. The second kappa shape index (κ2) is 13.4. The SMILES string of the molecule is CCCOc1ccc(-c2nn(-c3ccccc3)cc2/C=c2/sc3n(c2=O)C(c2ccc(OC)cc2)C(C(=O)OCC)=C(C)N=3)cc1. The molecule has 3 heterocycles. The lowest BCUT2D eigenvalue weighted by molar-refractivity contribution is -0.139. The predicted molar refractivity (Wildman–Crippen MR) is 178 cm³/mol. The number of allylic oxidation sites excluding steroid dienone is 1. The molecule has 5 aromatic rings. The maximum atomic E-state index is 14.3. The fourth-order valence-electron chi connectivity index (χ4n) is 5.39. The van der Waals surface area contributed by atoms with Crippen LogP contribution in [0.5, 0.6) is 11.5 Å². The first-order chi connectivity index (χ1) is 22.4. The van der Waals surface area contributed by atoms with Crippen molar-refractivity contribution in [2.45, 2.75) is 33.2 Å². The van der Waals surface area contributed by atoms with Gasteiger partial charge in [0.1, 0.15) is 17.2 Å². The quantitative estimate of drug-likeness (QED) is 0.190. The summed E-state index contributed by atoms with van der Waals surface area (Å²) in [6.45, 7) is 6.44. The van der Waals surface area contributed by atoms with Gasteiger partial charge in [0.2, 0.25) is 0 Å². The molecular weight excluding hydrogens is 600 g/mol. The largest absolute Gasteiger partial charge is 0.497 e. The normalized spacial score (nSPS) is 14.5. The summed E-state index contributed by atoms with van der Waals surface area (Å²) in [7, 11) is 1.59. The number of fused-ring (bicyclic) bond motifs is 1. The minimum absolute atomic E-state index is 0.204. The Morgan fingerprint density at radius 3 is 2.37 bits per heavy atom. The average molecular weight is 635 g/mol. The van der Waals surface area contributed by atoms with Crippen molar-refractivity contribution in [2.75, 3.05) is 20.3 Å². The van der Waals surface area contributed by atoms with E-state index in [9.17, 15) is 9.59 Å². The van der Waals surface area contributed by atoms with Crippen LogP contribution >= 0.6 is 11.3 Å². The average Bonchev–Trinajstić information content (AvgIpc) is 3.64. The van der Waals surface area contributed by atoms with Crippen LogP contribution in [0, 0.1) is 0 Å². The van der Waals surface area contributed by atoms with Crippen molar-refractivity contribution in [2.24, 2.45) is 4.99 Å². The maximum Gasteiger partial charge on any atom is 0.338 e. The van der Waals surface area contributed by atoms with Gasteiger partial charge < -0.3 is 14.2 Å². The summed E-state index contributed by atoms with van der Waals surface area (Å²) in [6, 6.07) is 24.2. The molecule has 0 saturated heterocycles. The molecule has 0 radical (unpaired) electrons. The Labute approximate surface area is 270 Å².